The summed E-state index contributed by atoms with van der Waals surface area (Å²) >= 11 is 0. The third kappa shape index (κ3) is 1.84. The Balaban J connectivity index is 3.10. The number of carbonyl (C=O) groups is 1. The summed E-state index contributed by atoms with van der Waals surface area (Å²) in [4.78, 5) is 13.8. The highest BCUT2D eigenvalue weighted by Gasteiger charge is 2.16. The Bertz CT molecular complexity index is 414. The molecule has 0 radical (unpaired) electrons. The lowest BCUT2D eigenvalue weighted by Gasteiger charge is -2.05. The van der Waals surface area contributed by atoms with E-state index >= 15 is 0 Å². The Morgan fingerprint density at radius 1 is 1.79 bits per heavy atom. The average Bonchev–Trinajstić information content (AvgIpc) is 2.16. The number of carboxylic acid groups (broad SMARTS) is 1. The fraction of sp³-hybridized carbons (Fsp3) is 0.125. The molecule has 3 N–H and O–H groups in total. The normalized spacial score (nSPS) is 11.8. The molecule has 5 nitrogen and oxygen atoms in total. The first kappa shape index (κ1) is 10.1. The number of nitrogens with two attached hydrogens (primary N) is 1. The van der Waals surface area contributed by atoms with Crippen molar-refractivity contribution in [3.63, 3.8) is 0 Å². The summed E-state index contributed by atoms with van der Waals surface area (Å²) < 4.78 is 12.9. The van der Waals surface area contributed by atoms with Crippen molar-refractivity contribution in [3.8, 4) is 6.07 Å². The standard InChI is InChI=1S/C8H6FN3O2/c9-5-1-4(7(11)8(13)14)3-12-6(5)2-10/h1,3,7H,11H2,(H,13,14)/t7-/m0/s1. The van der Waals surface area contributed by atoms with E-state index < -0.39 is 17.8 Å². The van der Waals surface area contributed by atoms with Gasteiger partial charge in [0.1, 0.15) is 12.1 Å². The number of rotatable bonds is 2. The van der Waals surface area contributed by atoms with Crippen molar-refractivity contribution < 1.29 is 14.3 Å². The first-order valence-corrected chi connectivity index (χ1v) is 3.60. The molecule has 0 aromatic carbocycles. The molecular formula is C8H6FN3O2. The zero-order valence-corrected chi connectivity index (χ0v) is 6.94. The van der Waals surface area contributed by atoms with Gasteiger partial charge in [0.05, 0.1) is 0 Å². The van der Waals surface area contributed by atoms with Gasteiger partial charge in [-0.15, -0.1) is 0 Å². The lowest BCUT2D eigenvalue weighted by atomic mass is 10.1. The molecule has 0 bridgehead atoms. The van der Waals surface area contributed by atoms with Crippen LogP contribution in [0.5, 0.6) is 0 Å². The number of nitrogens with zero attached hydrogens (tertiary/aromatic N) is 2. The fourth-order valence-corrected chi connectivity index (χ4v) is 0.848. The molecule has 1 atom stereocenters. The molecule has 0 saturated carbocycles. The third-order valence-corrected chi connectivity index (χ3v) is 1.59. The Labute approximate surface area is 78.6 Å². The summed E-state index contributed by atoms with van der Waals surface area (Å²) in [5.41, 5.74) is 4.85. The summed E-state index contributed by atoms with van der Waals surface area (Å²) in [5.74, 6) is -2.15. The van der Waals surface area contributed by atoms with E-state index in [1.807, 2.05) is 0 Å². The van der Waals surface area contributed by atoms with Gasteiger partial charge in [0, 0.05) is 11.8 Å². The maximum atomic E-state index is 12.9. The first-order chi connectivity index (χ1) is 6.56. The van der Waals surface area contributed by atoms with Gasteiger partial charge < -0.3 is 10.8 Å². The van der Waals surface area contributed by atoms with Crippen molar-refractivity contribution in [1.82, 2.24) is 4.98 Å². The molecule has 14 heavy (non-hydrogen) atoms. The molecule has 72 valence electrons. The maximum Gasteiger partial charge on any atom is 0.325 e. The number of halogens is 1. The highest BCUT2D eigenvalue weighted by molar-refractivity contribution is 5.75. The van der Waals surface area contributed by atoms with E-state index in [4.69, 9.17) is 16.1 Å². The van der Waals surface area contributed by atoms with Crippen LogP contribution >= 0.6 is 0 Å². The van der Waals surface area contributed by atoms with E-state index in [0.717, 1.165) is 12.3 Å². The molecule has 1 heterocycles. The van der Waals surface area contributed by atoms with Crippen molar-refractivity contribution >= 4 is 5.97 Å². The number of pyridine rings is 1. The van der Waals surface area contributed by atoms with Gasteiger partial charge in [-0.1, -0.05) is 0 Å². The number of aliphatic carboxylic acids is 1. The Kier molecular flexibility index (Phi) is 2.74. The number of aromatic nitrogens is 1. The van der Waals surface area contributed by atoms with Crippen LogP contribution in [0.2, 0.25) is 0 Å². The molecule has 0 saturated heterocycles. The van der Waals surface area contributed by atoms with E-state index in [2.05, 4.69) is 4.98 Å². The summed E-state index contributed by atoms with van der Waals surface area (Å²) in [6.07, 6.45) is 1.07. The van der Waals surface area contributed by atoms with Gasteiger partial charge in [0.2, 0.25) is 0 Å². The predicted molar refractivity (Wildman–Crippen MR) is 43.5 cm³/mol. The predicted octanol–water partition coefficient (Wildman–Crippen LogP) is 0.177. The molecule has 0 aliphatic rings. The van der Waals surface area contributed by atoms with Crippen LogP contribution in [-0.2, 0) is 4.79 Å². The van der Waals surface area contributed by atoms with Gasteiger partial charge >= 0.3 is 5.97 Å². The summed E-state index contributed by atoms with van der Waals surface area (Å²) in [7, 11) is 0. The molecular weight excluding hydrogens is 189 g/mol. The molecule has 0 fully saturated rings. The molecule has 0 amide bonds. The Morgan fingerprint density at radius 2 is 2.43 bits per heavy atom. The van der Waals surface area contributed by atoms with Gasteiger partial charge in [-0.2, -0.15) is 5.26 Å². The van der Waals surface area contributed by atoms with Crippen LogP contribution in [0.1, 0.15) is 17.3 Å². The molecule has 1 rings (SSSR count). The average molecular weight is 195 g/mol. The lowest BCUT2D eigenvalue weighted by Crippen LogP contribution is -2.21. The van der Waals surface area contributed by atoms with E-state index in [1.165, 1.54) is 6.07 Å². The lowest BCUT2D eigenvalue weighted by molar-refractivity contribution is -0.138. The highest BCUT2D eigenvalue weighted by Crippen LogP contribution is 2.12. The van der Waals surface area contributed by atoms with E-state index in [9.17, 15) is 9.18 Å². The van der Waals surface area contributed by atoms with Crippen LogP contribution in [0.3, 0.4) is 0 Å². The minimum Gasteiger partial charge on any atom is -0.480 e. The fourth-order valence-electron chi connectivity index (χ4n) is 0.848. The number of nitriles is 1. The highest BCUT2D eigenvalue weighted by atomic mass is 19.1. The van der Waals surface area contributed by atoms with Gasteiger partial charge in [-0.05, 0) is 6.07 Å². The monoisotopic (exact) mass is 195 g/mol. The van der Waals surface area contributed by atoms with Crippen LogP contribution < -0.4 is 5.73 Å². The van der Waals surface area contributed by atoms with E-state index in [1.54, 1.807) is 0 Å². The van der Waals surface area contributed by atoms with Crippen molar-refractivity contribution in [1.29, 1.82) is 5.26 Å². The summed E-state index contributed by atoms with van der Waals surface area (Å²) in [6.45, 7) is 0. The van der Waals surface area contributed by atoms with E-state index in [0.29, 0.717) is 0 Å². The van der Waals surface area contributed by atoms with Gasteiger partial charge in [0.25, 0.3) is 0 Å². The molecule has 0 aliphatic carbocycles. The van der Waals surface area contributed by atoms with Crippen LogP contribution in [0.25, 0.3) is 0 Å². The number of carboxylic acids is 1. The minimum atomic E-state index is -1.33. The molecule has 1 aromatic heterocycles. The van der Waals surface area contributed by atoms with Crippen LogP contribution in [0, 0.1) is 17.1 Å². The van der Waals surface area contributed by atoms with Crippen molar-refractivity contribution in [2.75, 3.05) is 0 Å². The smallest absolute Gasteiger partial charge is 0.325 e. The number of hydrogen-bond donors (Lipinski definition) is 2. The zero-order valence-electron chi connectivity index (χ0n) is 6.94. The maximum absolute atomic E-state index is 12.9. The molecule has 0 spiro atoms. The molecule has 0 unspecified atom stereocenters. The molecule has 6 heteroatoms. The van der Waals surface area contributed by atoms with Crippen molar-refractivity contribution in [2.45, 2.75) is 6.04 Å². The SMILES string of the molecule is N#Cc1ncc([C@H](N)C(=O)O)cc1F. The van der Waals surface area contributed by atoms with Gasteiger partial charge in [-0.25, -0.2) is 9.37 Å². The van der Waals surface area contributed by atoms with E-state index in [-0.39, 0.29) is 11.3 Å². The Morgan fingerprint density at radius 3 is 2.86 bits per heavy atom. The largest absolute Gasteiger partial charge is 0.480 e. The topological polar surface area (TPSA) is 100 Å². The first-order valence-electron chi connectivity index (χ1n) is 3.60. The zero-order chi connectivity index (χ0) is 10.7. The second-order valence-corrected chi connectivity index (χ2v) is 2.53. The quantitative estimate of drug-likeness (QED) is 0.700. The minimum absolute atomic E-state index is 0.0222. The molecule has 1 aromatic rings. The Hall–Kier alpha value is -2.00. The summed E-state index contributed by atoms with van der Waals surface area (Å²) in [5, 5.41) is 16.9. The van der Waals surface area contributed by atoms with Gasteiger partial charge in [-0.3, -0.25) is 4.79 Å². The number of hydrogen-bond acceptors (Lipinski definition) is 4. The van der Waals surface area contributed by atoms with Crippen LogP contribution in [0.4, 0.5) is 4.39 Å². The third-order valence-electron chi connectivity index (χ3n) is 1.59. The second-order valence-electron chi connectivity index (χ2n) is 2.53. The second kappa shape index (κ2) is 3.81. The van der Waals surface area contributed by atoms with Crippen LogP contribution in [0.15, 0.2) is 12.3 Å². The van der Waals surface area contributed by atoms with Crippen molar-refractivity contribution in [2.24, 2.45) is 5.73 Å². The van der Waals surface area contributed by atoms with Crippen molar-refractivity contribution in [3.05, 3.63) is 29.3 Å². The van der Waals surface area contributed by atoms with Gasteiger partial charge in [0.15, 0.2) is 11.5 Å². The van der Waals surface area contributed by atoms with Crippen LogP contribution in [-0.4, -0.2) is 16.1 Å². The summed E-state index contributed by atoms with van der Waals surface area (Å²) in [6, 6.07) is 1.08. The molecule has 0 aliphatic heterocycles.